The summed E-state index contributed by atoms with van der Waals surface area (Å²) in [5.41, 5.74) is 0.309. The Bertz CT molecular complexity index is 410. The Morgan fingerprint density at radius 1 is 1.53 bits per heavy atom. The van der Waals surface area contributed by atoms with Gasteiger partial charge in [0.15, 0.2) is 0 Å². The number of hydrogen-bond acceptors (Lipinski definition) is 3. The van der Waals surface area contributed by atoms with Gasteiger partial charge >= 0.3 is 0 Å². The van der Waals surface area contributed by atoms with E-state index in [2.05, 4.69) is 4.98 Å². The molecular formula is C11H14Cl2N2O2. The normalized spacial score (nSPS) is 12.3. The molecule has 1 aromatic heterocycles. The van der Waals surface area contributed by atoms with Crippen LogP contribution in [-0.4, -0.2) is 40.6 Å². The van der Waals surface area contributed by atoms with Gasteiger partial charge < -0.3 is 10.0 Å². The maximum atomic E-state index is 12.0. The highest BCUT2D eigenvalue weighted by molar-refractivity contribution is 6.34. The standard InChI is InChI=1S/C11H14Cl2N2O2/c1-7(16)5-6-15(2)11(17)8-3-4-9(12)14-10(8)13/h3-4,7,16H,5-6H2,1-2H3. The second kappa shape index (κ2) is 6.19. The number of aliphatic hydroxyl groups excluding tert-OH is 1. The van der Waals surface area contributed by atoms with Gasteiger partial charge in [0, 0.05) is 13.6 Å². The van der Waals surface area contributed by atoms with Crippen molar-refractivity contribution in [3.05, 3.63) is 28.0 Å². The van der Waals surface area contributed by atoms with Crippen LogP contribution in [0, 0.1) is 0 Å². The molecule has 1 aromatic rings. The third kappa shape index (κ3) is 4.15. The van der Waals surface area contributed by atoms with Gasteiger partial charge in [-0.25, -0.2) is 4.98 Å². The lowest BCUT2D eigenvalue weighted by Gasteiger charge is -2.18. The van der Waals surface area contributed by atoms with Crippen LogP contribution in [0.5, 0.6) is 0 Å². The number of halogens is 2. The molecule has 1 N–H and O–H groups in total. The van der Waals surface area contributed by atoms with E-state index in [1.807, 2.05) is 0 Å². The van der Waals surface area contributed by atoms with Crippen molar-refractivity contribution in [1.82, 2.24) is 9.88 Å². The molecule has 17 heavy (non-hydrogen) atoms. The Labute approximate surface area is 110 Å². The van der Waals surface area contributed by atoms with Crippen molar-refractivity contribution in [2.45, 2.75) is 19.4 Å². The summed E-state index contributed by atoms with van der Waals surface area (Å²) < 4.78 is 0. The third-order valence-electron chi connectivity index (χ3n) is 2.27. The maximum Gasteiger partial charge on any atom is 0.256 e. The minimum Gasteiger partial charge on any atom is -0.393 e. The number of aromatic nitrogens is 1. The number of carbonyl (C=O) groups is 1. The number of amides is 1. The Kier molecular flexibility index (Phi) is 5.18. The highest BCUT2D eigenvalue weighted by Crippen LogP contribution is 2.18. The molecule has 0 spiro atoms. The van der Waals surface area contributed by atoms with E-state index in [4.69, 9.17) is 28.3 Å². The molecule has 0 saturated carbocycles. The fraction of sp³-hybridized carbons (Fsp3) is 0.455. The smallest absolute Gasteiger partial charge is 0.256 e. The summed E-state index contributed by atoms with van der Waals surface area (Å²) in [6.45, 7) is 2.13. The Hall–Kier alpha value is -0.840. The van der Waals surface area contributed by atoms with E-state index in [9.17, 15) is 4.79 Å². The Morgan fingerprint density at radius 3 is 2.71 bits per heavy atom. The lowest BCUT2D eigenvalue weighted by atomic mass is 10.2. The molecule has 94 valence electrons. The first-order valence-electron chi connectivity index (χ1n) is 5.17. The van der Waals surface area contributed by atoms with E-state index in [1.54, 1.807) is 20.0 Å². The average molecular weight is 277 g/mol. The predicted molar refractivity (Wildman–Crippen MR) is 67.5 cm³/mol. The SMILES string of the molecule is CC(O)CCN(C)C(=O)c1ccc(Cl)nc1Cl. The van der Waals surface area contributed by atoms with E-state index < -0.39 is 6.10 Å². The molecule has 1 amide bonds. The number of aliphatic hydroxyl groups is 1. The molecule has 0 radical (unpaired) electrons. The predicted octanol–water partition coefficient (Wildman–Crippen LogP) is 2.23. The molecule has 1 atom stereocenters. The van der Waals surface area contributed by atoms with Crippen LogP contribution in [-0.2, 0) is 0 Å². The minimum absolute atomic E-state index is 0.0893. The van der Waals surface area contributed by atoms with Crippen LogP contribution in [0.3, 0.4) is 0 Å². The summed E-state index contributed by atoms with van der Waals surface area (Å²) in [6.07, 6.45) is 0.0741. The molecule has 1 unspecified atom stereocenters. The first kappa shape index (κ1) is 14.2. The second-order valence-corrected chi connectivity index (χ2v) is 4.58. The Balaban J connectivity index is 2.75. The first-order valence-corrected chi connectivity index (χ1v) is 5.93. The number of carbonyl (C=O) groups excluding carboxylic acids is 1. The quantitative estimate of drug-likeness (QED) is 0.859. The topological polar surface area (TPSA) is 53.4 Å². The largest absolute Gasteiger partial charge is 0.393 e. The zero-order valence-electron chi connectivity index (χ0n) is 9.65. The van der Waals surface area contributed by atoms with Crippen molar-refractivity contribution in [1.29, 1.82) is 0 Å². The van der Waals surface area contributed by atoms with Crippen molar-refractivity contribution in [3.63, 3.8) is 0 Å². The lowest BCUT2D eigenvalue weighted by molar-refractivity contribution is 0.0769. The second-order valence-electron chi connectivity index (χ2n) is 3.84. The molecule has 4 nitrogen and oxygen atoms in total. The van der Waals surface area contributed by atoms with Gasteiger partial charge in [-0.1, -0.05) is 23.2 Å². The molecule has 0 aromatic carbocycles. The van der Waals surface area contributed by atoms with E-state index in [0.717, 1.165) is 0 Å². The first-order chi connectivity index (χ1) is 7.91. The molecule has 0 saturated heterocycles. The van der Waals surface area contributed by atoms with Crippen LogP contribution in [0.1, 0.15) is 23.7 Å². The van der Waals surface area contributed by atoms with Crippen molar-refractivity contribution in [2.75, 3.05) is 13.6 Å². The van der Waals surface area contributed by atoms with Crippen molar-refractivity contribution < 1.29 is 9.90 Å². The number of pyridine rings is 1. The molecule has 0 bridgehead atoms. The summed E-state index contributed by atoms with van der Waals surface area (Å²) in [5.74, 6) is -0.236. The van der Waals surface area contributed by atoms with Gasteiger partial charge in [0.05, 0.1) is 11.7 Å². The van der Waals surface area contributed by atoms with Crippen LogP contribution >= 0.6 is 23.2 Å². The summed E-state index contributed by atoms with van der Waals surface area (Å²) in [7, 11) is 1.65. The maximum absolute atomic E-state index is 12.0. The van der Waals surface area contributed by atoms with Crippen molar-refractivity contribution in [2.24, 2.45) is 0 Å². The van der Waals surface area contributed by atoms with Gasteiger partial charge in [0.1, 0.15) is 10.3 Å². The van der Waals surface area contributed by atoms with E-state index in [-0.39, 0.29) is 16.2 Å². The zero-order chi connectivity index (χ0) is 13.0. The molecular weight excluding hydrogens is 263 g/mol. The molecule has 0 aliphatic carbocycles. The van der Waals surface area contributed by atoms with E-state index >= 15 is 0 Å². The van der Waals surface area contributed by atoms with Crippen LogP contribution in [0.15, 0.2) is 12.1 Å². The summed E-state index contributed by atoms with van der Waals surface area (Å²) in [4.78, 5) is 17.3. The van der Waals surface area contributed by atoms with Crippen LogP contribution < -0.4 is 0 Å². The van der Waals surface area contributed by atoms with Crippen LogP contribution in [0.4, 0.5) is 0 Å². The summed E-state index contributed by atoms with van der Waals surface area (Å²) in [5, 5.41) is 9.49. The van der Waals surface area contributed by atoms with Gasteiger partial charge in [-0.15, -0.1) is 0 Å². The van der Waals surface area contributed by atoms with Crippen molar-refractivity contribution in [3.8, 4) is 0 Å². The van der Waals surface area contributed by atoms with Crippen LogP contribution in [0.2, 0.25) is 10.3 Å². The van der Waals surface area contributed by atoms with Gasteiger partial charge in [-0.3, -0.25) is 4.79 Å². The average Bonchev–Trinajstić information content (AvgIpc) is 2.25. The van der Waals surface area contributed by atoms with Crippen LogP contribution in [0.25, 0.3) is 0 Å². The lowest BCUT2D eigenvalue weighted by Crippen LogP contribution is -2.29. The molecule has 6 heteroatoms. The van der Waals surface area contributed by atoms with Gasteiger partial charge in [0.25, 0.3) is 5.91 Å². The van der Waals surface area contributed by atoms with E-state index in [1.165, 1.54) is 11.0 Å². The number of rotatable bonds is 4. The summed E-state index contributed by atoms with van der Waals surface area (Å²) >= 11 is 11.5. The molecule has 1 rings (SSSR count). The highest BCUT2D eigenvalue weighted by Gasteiger charge is 2.16. The Morgan fingerprint density at radius 2 is 2.18 bits per heavy atom. The van der Waals surface area contributed by atoms with E-state index in [0.29, 0.717) is 18.5 Å². The van der Waals surface area contributed by atoms with Gasteiger partial charge in [0.2, 0.25) is 0 Å². The molecule has 0 aliphatic rings. The number of nitrogens with zero attached hydrogens (tertiary/aromatic N) is 2. The molecule has 0 fully saturated rings. The monoisotopic (exact) mass is 276 g/mol. The van der Waals surface area contributed by atoms with Gasteiger partial charge in [-0.05, 0) is 25.5 Å². The zero-order valence-corrected chi connectivity index (χ0v) is 11.2. The minimum atomic E-state index is -0.441. The van der Waals surface area contributed by atoms with Gasteiger partial charge in [-0.2, -0.15) is 0 Å². The summed E-state index contributed by atoms with van der Waals surface area (Å²) in [6, 6.07) is 3.06. The fourth-order valence-corrected chi connectivity index (χ4v) is 1.68. The highest BCUT2D eigenvalue weighted by atomic mass is 35.5. The molecule has 0 aliphatic heterocycles. The third-order valence-corrected chi connectivity index (χ3v) is 2.77. The van der Waals surface area contributed by atoms with Crippen molar-refractivity contribution >= 4 is 29.1 Å². The molecule has 1 heterocycles. The fourth-order valence-electron chi connectivity index (χ4n) is 1.26. The number of hydrogen-bond donors (Lipinski definition) is 1.